The van der Waals surface area contributed by atoms with Crippen molar-refractivity contribution in [1.29, 1.82) is 10.5 Å². The molecule has 0 unspecified atom stereocenters. The monoisotopic (exact) mass is 791 g/mol. The first kappa shape index (κ1) is 44.3. The van der Waals surface area contributed by atoms with Gasteiger partial charge in [-0.2, -0.15) is 10.5 Å². The van der Waals surface area contributed by atoms with Gasteiger partial charge in [-0.25, -0.2) is 0 Å². The Morgan fingerprint density at radius 2 is 0.759 bits per heavy atom. The summed E-state index contributed by atoms with van der Waals surface area (Å²) < 4.78 is 13.5. The van der Waals surface area contributed by atoms with Gasteiger partial charge >= 0.3 is 0 Å². The van der Waals surface area contributed by atoms with Gasteiger partial charge < -0.3 is 30.9 Å². The largest absolute Gasteiger partial charge is 1.00 e. The smallest absolute Gasteiger partial charge is 0.144 e. The Balaban J connectivity index is 0.00000784. The minimum Gasteiger partial charge on any atom is -1.00 e. The molecule has 0 spiro atoms. The van der Waals surface area contributed by atoms with E-state index in [4.69, 9.17) is 9.47 Å². The van der Waals surface area contributed by atoms with Gasteiger partial charge in [0.05, 0.1) is 51.5 Å². The van der Waals surface area contributed by atoms with E-state index in [1.54, 1.807) is 0 Å². The van der Waals surface area contributed by atoms with Crippen molar-refractivity contribution in [3.8, 4) is 45.9 Å². The lowest BCUT2D eigenvalue weighted by molar-refractivity contribution is -0.890. The van der Waals surface area contributed by atoms with E-state index in [2.05, 4.69) is 50.5 Å². The second-order valence-electron chi connectivity index (χ2n) is 15.1. The Hall–Kier alpha value is -4.10. The number of hydrogen-bond acceptors (Lipinski definition) is 4. The molecule has 0 aliphatic heterocycles. The van der Waals surface area contributed by atoms with Crippen molar-refractivity contribution in [1.82, 2.24) is 0 Å². The third kappa shape index (κ3) is 15.7. The molecule has 0 aliphatic carbocycles. The zero-order valence-electron chi connectivity index (χ0n) is 32.9. The van der Waals surface area contributed by atoms with E-state index in [1.165, 1.54) is 103 Å². The summed E-state index contributed by atoms with van der Waals surface area (Å²) in [4.78, 5) is 0. The molecule has 0 aromatic heterocycles. The van der Waals surface area contributed by atoms with E-state index in [-0.39, 0.29) is 17.0 Å². The quantitative estimate of drug-likeness (QED) is 0.0470. The highest BCUT2D eigenvalue weighted by molar-refractivity contribution is 5.74. The topological polar surface area (TPSA) is 66.0 Å². The zero-order valence-corrected chi connectivity index (χ0v) is 34.5. The fourth-order valence-electron chi connectivity index (χ4n) is 7.12. The third-order valence-corrected chi connectivity index (χ3v) is 10.2. The standard InChI is InChI=1S/C48H62N3O2.BrH/c1-51(2,35-21-11-7-3-5-9-13-23-37-52-47-43(39-49)31-25-33-45(47)41-27-17-15-18-28-41)36-22-12-8-4-6-10-14-24-38-53-48-44(40-50)32-26-34-46(48)42-29-19-16-20-30-42;/h15-20,25-34H,3-14,21-24,35-38H2,1-2H3;1H/q+1;/p-1. The first-order valence-corrected chi connectivity index (χ1v) is 20.3. The predicted molar refractivity (Wildman–Crippen MR) is 220 cm³/mol. The van der Waals surface area contributed by atoms with Crippen molar-refractivity contribution >= 4 is 0 Å². The Morgan fingerprint density at radius 1 is 0.426 bits per heavy atom. The first-order valence-electron chi connectivity index (χ1n) is 20.3. The maximum absolute atomic E-state index is 9.61. The fourth-order valence-corrected chi connectivity index (χ4v) is 7.12. The van der Waals surface area contributed by atoms with Crippen LogP contribution in [0.25, 0.3) is 22.3 Å². The molecule has 54 heavy (non-hydrogen) atoms. The van der Waals surface area contributed by atoms with Crippen molar-refractivity contribution in [2.75, 3.05) is 40.4 Å². The Bertz CT molecular complexity index is 1570. The number of para-hydroxylation sites is 2. The summed E-state index contributed by atoms with van der Waals surface area (Å²) in [5.41, 5.74) is 5.36. The first-order chi connectivity index (χ1) is 26.0. The van der Waals surface area contributed by atoms with E-state index >= 15 is 0 Å². The molecule has 0 saturated carbocycles. The molecule has 0 saturated heterocycles. The predicted octanol–water partition coefficient (Wildman–Crippen LogP) is 9.54. The van der Waals surface area contributed by atoms with Crippen LogP contribution in [0.5, 0.6) is 11.5 Å². The van der Waals surface area contributed by atoms with Crippen LogP contribution in [-0.2, 0) is 0 Å². The minimum atomic E-state index is 0. The van der Waals surface area contributed by atoms with Gasteiger partial charge in [0.2, 0.25) is 0 Å². The van der Waals surface area contributed by atoms with Crippen molar-refractivity contribution in [3.63, 3.8) is 0 Å². The summed E-state index contributed by atoms with van der Waals surface area (Å²) in [6.45, 7) is 3.86. The highest BCUT2D eigenvalue weighted by Crippen LogP contribution is 2.34. The van der Waals surface area contributed by atoms with Crippen molar-refractivity contribution in [3.05, 3.63) is 108 Å². The summed E-state index contributed by atoms with van der Waals surface area (Å²) >= 11 is 0. The summed E-state index contributed by atoms with van der Waals surface area (Å²) in [5, 5.41) is 19.2. The molecule has 0 amide bonds. The van der Waals surface area contributed by atoms with E-state index in [9.17, 15) is 10.5 Å². The van der Waals surface area contributed by atoms with E-state index < -0.39 is 0 Å². The average Bonchev–Trinajstić information content (AvgIpc) is 3.19. The number of unbranched alkanes of at least 4 members (excludes halogenated alkanes) is 14. The van der Waals surface area contributed by atoms with Crippen LogP contribution >= 0.6 is 0 Å². The number of nitrogens with zero attached hydrogens (tertiary/aromatic N) is 3. The van der Waals surface area contributed by atoms with Crippen LogP contribution < -0.4 is 26.5 Å². The van der Waals surface area contributed by atoms with Crippen LogP contribution in [0.3, 0.4) is 0 Å². The Kier molecular flexibility index (Phi) is 21.2. The molecule has 4 aromatic carbocycles. The molecule has 288 valence electrons. The number of halogens is 1. The highest BCUT2D eigenvalue weighted by atomic mass is 79.9. The second-order valence-corrected chi connectivity index (χ2v) is 15.1. The van der Waals surface area contributed by atoms with Crippen LogP contribution in [0.15, 0.2) is 97.1 Å². The maximum atomic E-state index is 9.61. The van der Waals surface area contributed by atoms with Crippen molar-refractivity contribution < 1.29 is 30.9 Å². The van der Waals surface area contributed by atoms with Crippen LogP contribution in [0.4, 0.5) is 0 Å². The van der Waals surface area contributed by atoms with Gasteiger partial charge in [-0.1, -0.05) is 149 Å². The van der Waals surface area contributed by atoms with Gasteiger partial charge in [0.15, 0.2) is 0 Å². The van der Waals surface area contributed by atoms with E-state index in [0.717, 1.165) is 39.6 Å². The van der Waals surface area contributed by atoms with Crippen molar-refractivity contribution in [2.24, 2.45) is 0 Å². The average molecular weight is 793 g/mol. The third-order valence-electron chi connectivity index (χ3n) is 10.2. The van der Waals surface area contributed by atoms with Gasteiger partial charge in [0.25, 0.3) is 0 Å². The molecule has 0 heterocycles. The molecule has 0 N–H and O–H groups in total. The molecule has 5 nitrogen and oxygen atoms in total. The highest BCUT2D eigenvalue weighted by Gasteiger charge is 2.15. The van der Waals surface area contributed by atoms with Gasteiger partial charge in [-0.3, -0.25) is 0 Å². The molecular weight excluding hydrogens is 730 g/mol. The molecular formula is C48H62BrN3O2. The number of quaternary nitrogens is 1. The molecule has 4 aromatic rings. The Labute approximate surface area is 337 Å². The number of ether oxygens (including phenoxy) is 2. The van der Waals surface area contributed by atoms with E-state index in [0.29, 0.717) is 35.8 Å². The molecule has 0 atom stereocenters. The van der Waals surface area contributed by atoms with Crippen LogP contribution in [0, 0.1) is 22.7 Å². The van der Waals surface area contributed by atoms with Crippen molar-refractivity contribution in [2.45, 2.75) is 103 Å². The zero-order chi connectivity index (χ0) is 37.4. The number of benzene rings is 4. The summed E-state index contributed by atoms with van der Waals surface area (Å²) in [5.74, 6) is 1.43. The van der Waals surface area contributed by atoms with Crippen LogP contribution in [0.2, 0.25) is 0 Å². The van der Waals surface area contributed by atoms with Gasteiger partial charge in [-0.15, -0.1) is 0 Å². The minimum absolute atomic E-state index is 0. The van der Waals surface area contributed by atoms with Gasteiger partial charge in [0.1, 0.15) is 23.6 Å². The fraction of sp³-hybridized carbons (Fsp3) is 0.458. The summed E-state index contributed by atoms with van der Waals surface area (Å²) in [7, 11) is 4.81. The number of nitriles is 2. The number of hydrogen-bond donors (Lipinski definition) is 0. The molecule has 0 radical (unpaired) electrons. The van der Waals surface area contributed by atoms with Crippen LogP contribution in [0.1, 0.15) is 114 Å². The summed E-state index contributed by atoms with van der Waals surface area (Å²) in [6.07, 6.45) is 20.1. The summed E-state index contributed by atoms with van der Waals surface area (Å²) in [6, 6.07) is 36.6. The lowest BCUT2D eigenvalue weighted by Gasteiger charge is -2.30. The maximum Gasteiger partial charge on any atom is 0.144 e. The SMILES string of the molecule is C[N+](C)(CCCCCCCCCCOc1c(C#N)cccc1-c1ccccc1)CCCCCCCCCCOc1c(C#N)cccc1-c1ccccc1.[Br-]. The molecule has 0 fully saturated rings. The molecule has 0 bridgehead atoms. The second kappa shape index (κ2) is 25.8. The van der Waals surface area contributed by atoms with Crippen LogP contribution in [-0.4, -0.2) is 44.9 Å². The van der Waals surface area contributed by atoms with Gasteiger partial charge in [0, 0.05) is 11.1 Å². The molecule has 0 aliphatic rings. The molecule has 4 rings (SSSR count). The molecule has 6 heteroatoms. The van der Waals surface area contributed by atoms with E-state index in [1.807, 2.05) is 72.8 Å². The normalized spacial score (nSPS) is 11.0. The van der Waals surface area contributed by atoms with Gasteiger partial charge in [-0.05, 0) is 61.8 Å². The number of rotatable bonds is 26. The lowest BCUT2D eigenvalue weighted by Crippen LogP contribution is -3.00. The Morgan fingerprint density at radius 3 is 1.11 bits per heavy atom. The lowest BCUT2D eigenvalue weighted by atomic mass is 10.0.